The molecular formula is C11H14Br2FN. The monoisotopic (exact) mass is 337 g/mol. The zero-order chi connectivity index (χ0) is 11.4. The Morgan fingerprint density at radius 1 is 1.47 bits per heavy atom. The van der Waals surface area contributed by atoms with Gasteiger partial charge in [0, 0.05) is 22.4 Å². The van der Waals surface area contributed by atoms with Crippen molar-refractivity contribution in [3.8, 4) is 0 Å². The molecule has 0 saturated carbocycles. The highest BCUT2D eigenvalue weighted by molar-refractivity contribution is 9.10. The molecule has 0 fully saturated rings. The Bertz CT molecular complexity index is 330. The summed E-state index contributed by atoms with van der Waals surface area (Å²) in [5.74, 6) is -0.207. The van der Waals surface area contributed by atoms with Crippen LogP contribution in [0.3, 0.4) is 0 Å². The fraction of sp³-hybridized carbons (Fsp3) is 0.455. The van der Waals surface area contributed by atoms with Crippen LogP contribution in [0.2, 0.25) is 0 Å². The first-order valence-corrected chi connectivity index (χ1v) is 6.66. The van der Waals surface area contributed by atoms with E-state index in [-0.39, 0.29) is 5.82 Å². The fourth-order valence-electron chi connectivity index (χ4n) is 1.19. The minimum atomic E-state index is -0.207. The quantitative estimate of drug-likeness (QED) is 0.755. The standard InChI is InChI=1S/C11H14Br2FN/c1-8(6-12)15(2)7-9-3-4-10(14)5-11(9)13/h3-5,8H,6-7H2,1-2H3. The first-order chi connectivity index (χ1) is 7.04. The predicted octanol–water partition coefficient (Wildman–Crippen LogP) is 3.80. The van der Waals surface area contributed by atoms with Gasteiger partial charge in [-0.1, -0.05) is 37.9 Å². The fourth-order valence-corrected chi connectivity index (χ4v) is 2.16. The number of alkyl halides is 1. The van der Waals surface area contributed by atoms with Crippen LogP contribution in [-0.4, -0.2) is 23.3 Å². The van der Waals surface area contributed by atoms with Gasteiger partial charge in [0.1, 0.15) is 5.82 Å². The van der Waals surface area contributed by atoms with Gasteiger partial charge in [0.15, 0.2) is 0 Å². The lowest BCUT2D eigenvalue weighted by atomic mass is 10.2. The molecule has 0 bridgehead atoms. The normalized spacial score (nSPS) is 13.2. The van der Waals surface area contributed by atoms with E-state index in [0.29, 0.717) is 6.04 Å². The van der Waals surface area contributed by atoms with E-state index in [1.54, 1.807) is 0 Å². The number of halogens is 3. The molecule has 1 aromatic rings. The summed E-state index contributed by atoms with van der Waals surface area (Å²) in [6.07, 6.45) is 0. The van der Waals surface area contributed by atoms with E-state index >= 15 is 0 Å². The summed E-state index contributed by atoms with van der Waals surface area (Å²) >= 11 is 6.81. The number of hydrogen-bond acceptors (Lipinski definition) is 1. The van der Waals surface area contributed by atoms with Crippen molar-refractivity contribution >= 4 is 31.9 Å². The van der Waals surface area contributed by atoms with E-state index in [0.717, 1.165) is 21.9 Å². The second-order valence-electron chi connectivity index (χ2n) is 3.65. The third-order valence-corrected chi connectivity index (χ3v) is 4.09. The third kappa shape index (κ3) is 3.85. The van der Waals surface area contributed by atoms with Gasteiger partial charge in [-0.15, -0.1) is 0 Å². The van der Waals surface area contributed by atoms with Gasteiger partial charge in [-0.2, -0.15) is 0 Å². The van der Waals surface area contributed by atoms with E-state index in [4.69, 9.17) is 0 Å². The average Bonchev–Trinajstić information content (AvgIpc) is 2.20. The highest BCUT2D eigenvalue weighted by Crippen LogP contribution is 2.20. The lowest BCUT2D eigenvalue weighted by Crippen LogP contribution is -2.29. The van der Waals surface area contributed by atoms with E-state index in [2.05, 4.69) is 50.7 Å². The van der Waals surface area contributed by atoms with Gasteiger partial charge >= 0.3 is 0 Å². The molecule has 0 radical (unpaired) electrons. The highest BCUT2D eigenvalue weighted by atomic mass is 79.9. The van der Waals surface area contributed by atoms with E-state index in [1.165, 1.54) is 12.1 Å². The van der Waals surface area contributed by atoms with E-state index in [9.17, 15) is 4.39 Å². The summed E-state index contributed by atoms with van der Waals surface area (Å²) < 4.78 is 13.7. The maximum absolute atomic E-state index is 12.9. The molecule has 0 spiro atoms. The Kier molecular flexibility index (Phi) is 5.23. The zero-order valence-electron chi connectivity index (χ0n) is 8.80. The van der Waals surface area contributed by atoms with Crippen molar-refractivity contribution in [2.24, 2.45) is 0 Å². The van der Waals surface area contributed by atoms with Gasteiger partial charge in [-0.25, -0.2) is 4.39 Å². The molecule has 1 aromatic carbocycles. The van der Waals surface area contributed by atoms with Crippen LogP contribution in [-0.2, 0) is 6.54 Å². The molecule has 0 aliphatic heterocycles. The lowest BCUT2D eigenvalue weighted by molar-refractivity contribution is 0.270. The third-order valence-electron chi connectivity index (χ3n) is 2.41. The van der Waals surface area contributed by atoms with E-state index in [1.807, 2.05) is 6.07 Å². The highest BCUT2D eigenvalue weighted by Gasteiger charge is 2.10. The van der Waals surface area contributed by atoms with Crippen molar-refractivity contribution in [1.29, 1.82) is 0 Å². The van der Waals surface area contributed by atoms with Gasteiger partial charge < -0.3 is 0 Å². The maximum atomic E-state index is 12.9. The largest absolute Gasteiger partial charge is 0.299 e. The second-order valence-corrected chi connectivity index (χ2v) is 5.16. The van der Waals surface area contributed by atoms with Gasteiger partial charge in [-0.3, -0.25) is 4.90 Å². The summed E-state index contributed by atoms with van der Waals surface area (Å²) in [7, 11) is 2.06. The van der Waals surface area contributed by atoms with Crippen LogP contribution >= 0.6 is 31.9 Å². The minimum Gasteiger partial charge on any atom is -0.299 e. The summed E-state index contributed by atoms with van der Waals surface area (Å²) in [5.41, 5.74) is 1.10. The topological polar surface area (TPSA) is 3.24 Å². The molecule has 0 aromatic heterocycles. The molecule has 1 atom stereocenters. The number of rotatable bonds is 4. The minimum absolute atomic E-state index is 0.207. The second kappa shape index (κ2) is 5.97. The van der Waals surface area contributed by atoms with Crippen LogP contribution in [0, 0.1) is 5.82 Å². The van der Waals surface area contributed by atoms with E-state index < -0.39 is 0 Å². The van der Waals surface area contributed by atoms with Gasteiger partial charge in [0.2, 0.25) is 0 Å². The summed E-state index contributed by atoms with van der Waals surface area (Å²) in [5, 5.41) is 0.933. The molecule has 84 valence electrons. The summed E-state index contributed by atoms with van der Waals surface area (Å²) in [4.78, 5) is 2.22. The van der Waals surface area contributed by atoms with Crippen molar-refractivity contribution in [2.75, 3.05) is 12.4 Å². The van der Waals surface area contributed by atoms with Crippen molar-refractivity contribution in [3.63, 3.8) is 0 Å². The van der Waals surface area contributed by atoms with Crippen LogP contribution < -0.4 is 0 Å². The average molecular weight is 339 g/mol. The molecule has 15 heavy (non-hydrogen) atoms. The van der Waals surface area contributed by atoms with Gasteiger partial charge in [0.25, 0.3) is 0 Å². The SMILES string of the molecule is CC(CBr)N(C)Cc1ccc(F)cc1Br. The Morgan fingerprint density at radius 3 is 2.67 bits per heavy atom. The molecule has 4 heteroatoms. The van der Waals surface area contributed by atoms with Crippen molar-refractivity contribution in [3.05, 3.63) is 34.1 Å². The maximum Gasteiger partial charge on any atom is 0.124 e. The molecule has 0 aliphatic carbocycles. The van der Waals surface area contributed by atoms with Crippen LogP contribution in [0.1, 0.15) is 12.5 Å². The van der Waals surface area contributed by atoms with Crippen LogP contribution in [0.4, 0.5) is 4.39 Å². The van der Waals surface area contributed by atoms with Crippen molar-refractivity contribution in [1.82, 2.24) is 4.90 Å². The van der Waals surface area contributed by atoms with Crippen LogP contribution in [0.5, 0.6) is 0 Å². The first-order valence-electron chi connectivity index (χ1n) is 4.74. The summed E-state index contributed by atoms with van der Waals surface area (Å²) in [6.45, 7) is 2.96. The van der Waals surface area contributed by atoms with Gasteiger partial charge in [-0.05, 0) is 31.7 Å². The first kappa shape index (κ1) is 13.1. The van der Waals surface area contributed by atoms with Crippen molar-refractivity contribution in [2.45, 2.75) is 19.5 Å². The number of hydrogen-bond donors (Lipinski definition) is 0. The predicted molar refractivity (Wildman–Crippen MR) is 68.8 cm³/mol. The smallest absolute Gasteiger partial charge is 0.124 e. The molecule has 1 nitrogen and oxygen atoms in total. The molecule has 1 unspecified atom stereocenters. The van der Waals surface area contributed by atoms with Crippen LogP contribution in [0.25, 0.3) is 0 Å². The van der Waals surface area contributed by atoms with Crippen molar-refractivity contribution < 1.29 is 4.39 Å². The Hall–Kier alpha value is 0.0700. The molecule has 0 N–H and O–H groups in total. The molecule has 1 rings (SSSR count). The van der Waals surface area contributed by atoms with Gasteiger partial charge in [0.05, 0.1) is 0 Å². The Labute approximate surface area is 107 Å². The molecule has 0 amide bonds. The van der Waals surface area contributed by atoms with Crippen LogP contribution in [0.15, 0.2) is 22.7 Å². The molecule has 0 saturated heterocycles. The number of nitrogens with zero attached hydrogens (tertiary/aromatic N) is 1. The Morgan fingerprint density at radius 2 is 2.13 bits per heavy atom. The zero-order valence-corrected chi connectivity index (χ0v) is 12.0. The molecule has 0 heterocycles. The molecular weight excluding hydrogens is 325 g/mol. The lowest BCUT2D eigenvalue weighted by Gasteiger charge is -2.23. The Balaban J connectivity index is 2.72. The number of benzene rings is 1. The summed E-state index contributed by atoms with van der Waals surface area (Å²) in [6, 6.07) is 5.27. The molecule has 0 aliphatic rings.